The van der Waals surface area contributed by atoms with Crippen molar-refractivity contribution in [2.45, 2.75) is 24.9 Å². The SMILES string of the molecule is O=C(NC1CCCN(c2ncccn2)C1)C1CSCN1. The van der Waals surface area contributed by atoms with Crippen LogP contribution in [0.5, 0.6) is 0 Å². The molecule has 2 fully saturated rings. The molecule has 6 nitrogen and oxygen atoms in total. The maximum atomic E-state index is 12.1. The van der Waals surface area contributed by atoms with E-state index in [1.54, 1.807) is 24.2 Å². The molecule has 2 aliphatic heterocycles. The van der Waals surface area contributed by atoms with Gasteiger partial charge in [-0.1, -0.05) is 0 Å². The largest absolute Gasteiger partial charge is 0.350 e. The Morgan fingerprint density at radius 2 is 2.30 bits per heavy atom. The van der Waals surface area contributed by atoms with Crippen molar-refractivity contribution in [2.24, 2.45) is 0 Å². The summed E-state index contributed by atoms with van der Waals surface area (Å²) in [6.45, 7) is 1.74. The summed E-state index contributed by atoms with van der Waals surface area (Å²) in [6.07, 6.45) is 5.58. The third kappa shape index (κ3) is 3.21. The number of hydrogen-bond acceptors (Lipinski definition) is 6. The van der Waals surface area contributed by atoms with Crippen LogP contribution in [-0.4, -0.2) is 52.7 Å². The van der Waals surface area contributed by atoms with Crippen LogP contribution >= 0.6 is 11.8 Å². The second-order valence-corrected chi connectivity index (χ2v) is 6.14. The van der Waals surface area contributed by atoms with E-state index in [0.29, 0.717) is 0 Å². The molecule has 2 atom stereocenters. The molecule has 0 aromatic carbocycles. The van der Waals surface area contributed by atoms with Crippen molar-refractivity contribution in [1.29, 1.82) is 0 Å². The normalized spacial score (nSPS) is 26.5. The molecule has 1 aromatic rings. The highest BCUT2D eigenvalue weighted by Gasteiger charge is 2.27. The Hall–Kier alpha value is -1.34. The van der Waals surface area contributed by atoms with Gasteiger partial charge in [0.05, 0.1) is 6.04 Å². The Morgan fingerprint density at radius 1 is 1.45 bits per heavy atom. The molecule has 0 bridgehead atoms. The Balaban J connectivity index is 1.56. The van der Waals surface area contributed by atoms with E-state index in [1.165, 1.54) is 0 Å². The highest BCUT2D eigenvalue weighted by Crippen LogP contribution is 2.16. The summed E-state index contributed by atoms with van der Waals surface area (Å²) < 4.78 is 0. The minimum absolute atomic E-state index is 0.0386. The number of thioether (sulfide) groups is 1. The molecule has 3 rings (SSSR count). The van der Waals surface area contributed by atoms with Gasteiger partial charge in [-0.15, -0.1) is 11.8 Å². The second-order valence-electron chi connectivity index (χ2n) is 5.11. The lowest BCUT2D eigenvalue weighted by Crippen LogP contribution is -2.52. The van der Waals surface area contributed by atoms with Crippen LogP contribution in [0.15, 0.2) is 18.5 Å². The number of amides is 1. The monoisotopic (exact) mass is 293 g/mol. The molecule has 2 N–H and O–H groups in total. The van der Waals surface area contributed by atoms with Gasteiger partial charge in [0.25, 0.3) is 0 Å². The van der Waals surface area contributed by atoms with Crippen molar-refractivity contribution in [3.8, 4) is 0 Å². The third-order valence-electron chi connectivity index (χ3n) is 3.64. The average molecular weight is 293 g/mol. The van der Waals surface area contributed by atoms with Crippen LogP contribution in [0.3, 0.4) is 0 Å². The third-order valence-corrected chi connectivity index (χ3v) is 4.58. The smallest absolute Gasteiger partial charge is 0.238 e. The van der Waals surface area contributed by atoms with Crippen molar-refractivity contribution < 1.29 is 4.79 Å². The van der Waals surface area contributed by atoms with Gasteiger partial charge in [0.1, 0.15) is 0 Å². The number of nitrogens with zero attached hydrogens (tertiary/aromatic N) is 3. The van der Waals surface area contributed by atoms with Crippen LogP contribution in [-0.2, 0) is 4.79 Å². The van der Waals surface area contributed by atoms with E-state index in [2.05, 4.69) is 25.5 Å². The van der Waals surface area contributed by atoms with Crippen molar-refractivity contribution in [3.05, 3.63) is 18.5 Å². The van der Waals surface area contributed by atoms with Crippen LogP contribution in [0.2, 0.25) is 0 Å². The van der Waals surface area contributed by atoms with Gasteiger partial charge in [0, 0.05) is 43.2 Å². The summed E-state index contributed by atoms with van der Waals surface area (Å²) >= 11 is 1.77. The summed E-state index contributed by atoms with van der Waals surface area (Å²) in [4.78, 5) is 22.8. The van der Waals surface area contributed by atoms with E-state index < -0.39 is 0 Å². The topological polar surface area (TPSA) is 70.2 Å². The van der Waals surface area contributed by atoms with E-state index >= 15 is 0 Å². The van der Waals surface area contributed by atoms with Crippen molar-refractivity contribution in [2.75, 3.05) is 29.6 Å². The molecule has 2 unspecified atom stereocenters. The molecule has 1 aromatic heterocycles. The van der Waals surface area contributed by atoms with E-state index in [-0.39, 0.29) is 18.0 Å². The lowest BCUT2D eigenvalue weighted by Gasteiger charge is -2.33. The fraction of sp³-hybridized carbons (Fsp3) is 0.615. The molecule has 20 heavy (non-hydrogen) atoms. The van der Waals surface area contributed by atoms with Gasteiger partial charge < -0.3 is 10.2 Å². The lowest BCUT2D eigenvalue weighted by molar-refractivity contribution is -0.123. The summed E-state index contributed by atoms with van der Waals surface area (Å²) in [5.41, 5.74) is 0. The zero-order chi connectivity index (χ0) is 13.8. The first-order valence-electron chi connectivity index (χ1n) is 6.96. The number of nitrogens with one attached hydrogen (secondary N) is 2. The number of carbonyl (C=O) groups excluding carboxylic acids is 1. The highest BCUT2D eigenvalue weighted by atomic mass is 32.2. The van der Waals surface area contributed by atoms with Gasteiger partial charge in [-0.3, -0.25) is 10.1 Å². The standard InChI is InChI=1S/C13H19N5OS/c19-12(11-8-20-9-16-11)17-10-3-1-6-18(7-10)13-14-4-2-5-15-13/h2,4-5,10-11,16H,1,3,6-9H2,(H,17,19). The summed E-state index contributed by atoms with van der Waals surface area (Å²) in [6, 6.07) is 1.96. The molecule has 2 saturated heterocycles. The summed E-state index contributed by atoms with van der Waals surface area (Å²) in [5, 5.41) is 6.35. The van der Waals surface area contributed by atoms with Gasteiger partial charge in [0.15, 0.2) is 0 Å². The number of rotatable bonds is 3. The van der Waals surface area contributed by atoms with E-state index in [4.69, 9.17) is 0 Å². The van der Waals surface area contributed by atoms with Gasteiger partial charge in [-0.05, 0) is 18.9 Å². The zero-order valence-corrected chi connectivity index (χ0v) is 12.1. The van der Waals surface area contributed by atoms with Crippen LogP contribution in [0.4, 0.5) is 5.95 Å². The summed E-state index contributed by atoms with van der Waals surface area (Å²) in [7, 11) is 0. The molecular weight excluding hydrogens is 274 g/mol. The molecule has 1 amide bonds. The summed E-state index contributed by atoms with van der Waals surface area (Å²) in [5.74, 6) is 2.60. The molecule has 0 saturated carbocycles. The molecule has 0 aliphatic carbocycles. The molecular formula is C13H19N5OS. The van der Waals surface area contributed by atoms with E-state index in [9.17, 15) is 4.79 Å². The highest BCUT2D eigenvalue weighted by molar-refractivity contribution is 7.99. The number of piperidine rings is 1. The van der Waals surface area contributed by atoms with Crippen LogP contribution in [0.25, 0.3) is 0 Å². The number of aromatic nitrogens is 2. The fourth-order valence-corrected chi connectivity index (χ4v) is 3.54. The Bertz CT molecular complexity index is 451. The molecule has 108 valence electrons. The molecule has 3 heterocycles. The quantitative estimate of drug-likeness (QED) is 0.831. The van der Waals surface area contributed by atoms with E-state index in [0.717, 1.165) is 43.5 Å². The maximum Gasteiger partial charge on any atom is 0.238 e. The molecule has 7 heteroatoms. The van der Waals surface area contributed by atoms with Gasteiger partial charge >= 0.3 is 0 Å². The van der Waals surface area contributed by atoms with Gasteiger partial charge in [-0.2, -0.15) is 0 Å². The number of hydrogen-bond donors (Lipinski definition) is 2. The minimum Gasteiger partial charge on any atom is -0.350 e. The number of anilines is 1. The Morgan fingerprint density at radius 3 is 3.05 bits per heavy atom. The van der Waals surface area contributed by atoms with Crippen LogP contribution in [0, 0.1) is 0 Å². The van der Waals surface area contributed by atoms with Gasteiger partial charge in [-0.25, -0.2) is 9.97 Å². The molecule has 2 aliphatic rings. The molecule has 0 spiro atoms. The first kappa shape index (κ1) is 13.6. The maximum absolute atomic E-state index is 12.1. The average Bonchev–Trinajstić information content (AvgIpc) is 3.03. The van der Waals surface area contributed by atoms with Crippen LogP contribution in [0.1, 0.15) is 12.8 Å². The Labute approximate surface area is 122 Å². The van der Waals surface area contributed by atoms with Gasteiger partial charge in [0.2, 0.25) is 11.9 Å². The minimum atomic E-state index is -0.0386. The first-order valence-corrected chi connectivity index (χ1v) is 8.12. The van der Waals surface area contributed by atoms with E-state index in [1.807, 2.05) is 6.07 Å². The zero-order valence-electron chi connectivity index (χ0n) is 11.3. The number of carbonyl (C=O) groups is 1. The first-order chi connectivity index (χ1) is 9.83. The predicted octanol–water partition coefficient (Wildman–Crippen LogP) is 0.224. The second kappa shape index (κ2) is 6.41. The van der Waals surface area contributed by atoms with Crippen molar-refractivity contribution in [1.82, 2.24) is 20.6 Å². The fourth-order valence-electron chi connectivity index (χ4n) is 2.60. The van der Waals surface area contributed by atoms with Crippen LogP contribution < -0.4 is 15.5 Å². The predicted molar refractivity (Wildman–Crippen MR) is 79.7 cm³/mol. The van der Waals surface area contributed by atoms with Crippen molar-refractivity contribution in [3.63, 3.8) is 0 Å². The lowest BCUT2D eigenvalue weighted by atomic mass is 10.1. The Kier molecular flexibility index (Phi) is 4.37. The molecule has 0 radical (unpaired) electrons. The van der Waals surface area contributed by atoms with Crippen molar-refractivity contribution >= 4 is 23.6 Å².